The van der Waals surface area contributed by atoms with Gasteiger partial charge in [0.1, 0.15) is 26.2 Å². The number of nitrogens with zero attached hydrogens (tertiary/aromatic N) is 2. The summed E-state index contributed by atoms with van der Waals surface area (Å²) in [6, 6.07) is 0. The first-order valence-corrected chi connectivity index (χ1v) is 6.25. The maximum atomic E-state index is 2.41. The minimum Gasteiger partial charge on any atom is -0.344 e. The van der Waals surface area contributed by atoms with Crippen LogP contribution >= 0.6 is 0 Å². The largest absolute Gasteiger partial charge is 0.344 e. The lowest BCUT2D eigenvalue weighted by atomic mass is 10.3. The number of hydrogen-bond acceptors (Lipinski definition) is 0. The van der Waals surface area contributed by atoms with Gasteiger partial charge in [-0.25, -0.2) is 0 Å². The van der Waals surface area contributed by atoms with Crippen molar-refractivity contribution in [3.05, 3.63) is 0 Å². The predicted octanol–water partition coefficient (Wildman–Crippen LogP) is -0.258. The summed E-state index contributed by atoms with van der Waals surface area (Å²) in [6.07, 6.45) is 1.29. The standard InChI is InChI=1S/C12H31N3/c1-7-9-15(6,10-8-13-2)12-11-14(3,4)5/h13H,7-12H2,1-6H3/q+2/p+1. The monoisotopic (exact) mass is 218 g/mol. The molecule has 0 aromatic heterocycles. The summed E-state index contributed by atoms with van der Waals surface area (Å²) in [6.45, 7) is 8.70. The van der Waals surface area contributed by atoms with Crippen LogP contribution in [0.5, 0.6) is 0 Å². The van der Waals surface area contributed by atoms with Crippen LogP contribution in [0.1, 0.15) is 13.3 Å². The van der Waals surface area contributed by atoms with Gasteiger partial charge in [-0.2, -0.15) is 0 Å². The number of hydrogen-bond donors (Lipinski definition) is 1. The third-order valence-electron chi connectivity index (χ3n) is 3.03. The van der Waals surface area contributed by atoms with Gasteiger partial charge in [0.05, 0.1) is 41.8 Å². The molecular weight excluding hydrogens is 186 g/mol. The normalized spacial score (nSPS) is 16.4. The lowest BCUT2D eigenvalue weighted by molar-refractivity contribution is -0.954. The molecule has 0 radical (unpaired) electrons. The highest BCUT2D eigenvalue weighted by atomic mass is 15.4. The van der Waals surface area contributed by atoms with E-state index >= 15 is 0 Å². The first-order chi connectivity index (χ1) is 6.83. The van der Waals surface area contributed by atoms with Crippen molar-refractivity contribution in [3.8, 4) is 0 Å². The van der Waals surface area contributed by atoms with E-state index in [0.717, 1.165) is 4.48 Å². The lowest BCUT2D eigenvalue weighted by Crippen LogP contribution is -2.82. The van der Waals surface area contributed by atoms with Gasteiger partial charge in [0, 0.05) is 0 Å². The molecule has 0 saturated heterocycles. The molecule has 1 unspecified atom stereocenters. The second kappa shape index (κ2) is 6.46. The van der Waals surface area contributed by atoms with Crippen molar-refractivity contribution < 1.29 is 14.3 Å². The smallest absolute Gasteiger partial charge is 0.128 e. The van der Waals surface area contributed by atoms with Crippen LogP contribution in [0.15, 0.2) is 0 Å². The average Bonchev–Trinajstić information content (AvgIpc) is 2.12. The molecule has 3 heteroatoms. The molecule has 0 spiro atoms. The van der Waals surface area contributed by atoms with Crippen molar-refractivity contribution >= 4 is 0 Å². The lowest BCUT2D eigenvalue weighted by Gasteiger charge is -2.36. The van der Waals surface area contributed by atoms with E-state index in [4.69, 9.17) is 0 Å². The van der Waals surface area contributed by atoms with E-state index in [1.165, 1.54) is 43.6 Å². The first-order valence-electron chi connectivity index (χ1n) is 6.25. The SMILES string of the molecule is CCC[N+](C)(CC[NH2+]C)CC[N+](C)(C)C. The molecule has 0 heterocycles. The highest BCUT2D eigenvalue weighted by Crippen LogP contribution is 2.04. The second-order valence-corrected chi connectivity index (χ2v) is 6.00. The van der Waals surface area contributed by atoms with E-state index in [2.05, 4.69) is 47.5 Å². The minimum absolute atomic E-state index is 1.08. The number of quaternary nitrogens is 3. The average molecular weight is 218 g/mol. The van der Waals surface area contributed by atoms with Crippen LogP contribution in [-0.2, 0) is 0 Å². The van der Waals surface area contributed by atoms with Gasteiger partial charge >= 0.3 is 0 Å². The third kappa shape index (κ3) is 7.77. The molecule has 92 valence electrons. The van der Waals surface area contributed by atoms with Crippen LogP contribution < -0.4 is 5.32 Å². The Balaban J connectivity index is 4.11. The van der Waals surface area contributed by atoms with Crippen molar-refractivity contribution in [3.63, 3.8) is 0 Å². The van der Waals surface area contributed by atoms with Crippen molar-refractivity contribution in [2.75, 3.05) is 68.0 Å². The number of likely N-dealkylation sites (N-methyl/N-ethyl adjacent to an activating group) is 3. The van der Waals surface area contributed by atoms with Gasteiger partial charge < -0.3 is 14.3 Å². The zero-order valence-electron chi connectivity index (χ0n) is 11.7. The molecule has 0 amide bonds. The van der Waals surface area contributed by atoms with E-state index in [-0.39, 0.29) is 0 Å². The number of nitrogens with two attached hydrogens (primary N) is 1. The molecule has 0 saturated carbocycles. The topological polar surface area (TPSA) is 16.6 Å². The Morgan fingerprint density at radius 3 is 1.87 bits per heavy atom. The van der Waals surface area contributed by atoms with Crippen molar-refractivity contribution in [2.45, 2.75) is 13.3 Å². The summed E-state index contributed by atoms with van der Waals surface area (Å²) in [5, 5.41) is 2.29. The highest BCUT2D eigenvalue weighted by Gasteiger charge is 2.23. The molecule has 2 N–H and O–H groups in total. The Bertz CT molecular complexity index is 163. The van der Waals surface area contributed by atoms with E-state index in [9.17, 15) is 0 Å². The maximum Gasteiger partial charge on any atom is 0.128 e. The fourth-order valence-corrected chi connectivity index (χ4v) is 1.86. The van der Waals surface area contributed by atoms with Gasteiger partial charge in [0.2, 0.25) is 0 Å². The van der Waals surface area contributed by atoms with Crippen molar-refractivity contribution in [1.82, 2.24) is 0 Å². The molecule has 0 aromatic carbocycles. The molecule has 0 aliphatic rings. The highest BCUT2D eigenvalue weighted by molar-refractivity contribution is 4.39. The summed E-state index contributed by atoms with van der Waals surface area (Å²) >= 11 is 0. The molecule has 0 fully saturated rings. The Kier molecular flexibility index (Phi) is 6.41. The number of rotatable bonds is 8. The Morgan fingerprint density at radius 2 is 1.47 bits per heavy atom. The van der Waals surface area contributed by atoms with E-state index in [1.807, 2.05) is 0 Å². The summed E-state index contributed by atoms with van der Waals surface area (Å²) in [5.41, 5.74) is 0. The summed E-state index contributed by atoms with van der Waals surface area (Å²) in [5.74, 6) is 0. The van der Waals surface area contributed by atoms with Crippen molar-refractivity contribution in [1.29, 1.82) is 0 Å². The molecule has 0 aliphatic heterocycles. The fraction of sp³-hybridized carbons (Fsp3) is 1.00. The van der Waals surface area contributed by atoms with Gasteiger partial charge in [-0.3, -0.25) is 0 Å². The van der Waals surface area contributed by atoms with Crippen LogP contribution in [0.3, 0.4) is 0 Å². The Morgan fingerprint density at radius 1 is 0.867 bits per heavy atom. The van der Waals surface area contributed by atoms with Crippen LogP contribution in [-0.4, -0.2) is 76.9 Å². The molecule has 0 bridgehead atoms. The van der Waals surface area contributed by atoms with Gasteiger partial charge in [-0.1, -0.05) is 6.92 Å². The Labute approximate surface area is 96.2 Å². The predicted molar refractivity (Wildman–Crippen MR) is 66.7 cm³/mol. The van der Waals surface area contributed by atoms with Crippen LogP contribution in [0.25, 0.3) is 0 Å². The zero-order chi connectivity index (χ0) is 11.9. The molecule has 0 rings (SSSR count). The van der Waals surface area contributed by atoms with Crippen LogP contribution in [0.4, 0.5) is 0 Å². The summed E-state index contributed by atoms with van der Waals surface area (Å²) in [4.78, 5) is 0. The van der Waals surface area contributed by atoms with Gasteiger partial charge in [0.15, 0.2) is 0 Å². The first kappa shape index (κ1) is 14.9. The van der Waals surface area contributed by atoms with Crippen LogP contribution in [0.2, 0.25) is 0 Å². The summed E-state index contributed by atoms with van der Waals surface area (Å²) < 4.78 is 2.31. The quantitative estimate of drug-likeness (QED) is 0.541. The molecule has 0 aliphatic carbocycles. The van der Waals surface area contributed by atoms with Gasteiger partial charge in [-0.15, -0.1) is 0 Å². The van der Waals surface area contributed by atoms with Crippen LogP contribution in [0, 0.1) is 0 Å². The zero-order valence-corrected chi connectivity index (χ0v) is 11.7. The molecule has 3 nitrogen and oxygen atoms in total. The van der Waals surface area contributed by atoms with Crippen molar-refractivity contribution in [2.24, 2.45) is 0 Å². The fourth-order valence-electron chi connectivity index (χ4n) is 1.86. The van der Waals surface area contributed by atoms with E-state index in [1.54, 1.807) is 0 Å². The molecule has 1 atom stereocenters. The second-order valence-electron chi connectivity index (χ2n) is 6.00. The van der Waals surface area contributed by atoms with E-state index in [0.29, 0.717) is 0 Å². The summed E-state index contributed by atoms with van der Waals surface area (Å²) in [7, 11) is 11.4. The van der Waals surface area contributed by atoms with Gasteiger partial charge in [0.25, 0.3) is 0 Å². The molecule has 15 heavy (non-hydrogen) atoms. The molecular formula is C12H32N3+3. The van der Waals surface area contributed by atoms with E-state index < -0.39 is 0 Å². The Hall–Kier alpha value is -0.120. The third-order valence-corrected chi connectivity index (χ3v) is 3.03. The minimum atomic E-state index is 1.08. The molecule has 0 aromatic rings. The van der Waals surface area contributed by atoms with Gasteiger partial charge in [-0.05, 0) is 6.42 Å². The maximum absolute atomic E-state index is 2.41.